The Morgan fingerprint density at radius 3 is 2.32 bits per heavy atom. The maximum Gasteiger partial charge on any atom is 0.335 e. The molecule has 3 rings (SSSR count). The van der Waals surface area contributed by atoms with Crippen molar-refractivity contribution in [1.29, 1.82) is 0 Å². The highest BCUT2D eigenvalue weighted by Crippen LogP contribution is 2.35. The molecule has 7 heteroatoms. The van der Waals surface area contributed by atoms with Crippen LogP contribution in [0.2, 0.25) is 0 Å². The van der Waals surface area contributed by atoms with E-state index in [1.54, 1.807) is 43.8 Å². The summed E-state index contributed by atoms with van der Waals surface area (Å²) in [6, 6.07) is 12.4. The molecule has 1 heterocycles. The van der Waals surface area contributed by atoms with Crippen LogP contribution < -0.4 is 14.4 Å². The molecular weight excluding hydrogens is 358 g/mol. The van der Waals surface area contributed by atoms with Crippen LogP contribution in [0.15, 0.2) is 61.2 Å². The van der Waals surface area contributed by atoms with Crippen LogP contribution in [0.1, 0.15) is 22.8 Å². The standard InChI is InChI=1S/C21H21N3O4/c1-3-28-19-9-8-18(10-20(19)27-2)24(13-15-11-22-14-23-12-15)17-6-4-16(5-7-17)21(25)26/h4-12,14H,3,13H2,1-2H3,(H,25,26). The van der Waals surface area contributed by atoms with E-state index in [4.69, 9.17) is 14.6 Å². The summed E-state index contributed by atoms with van der Waals surface area (Å²) in [5, 5.41) is 9.16. The predicted molar refractivity (Wildman–Crippen MR) is 105 cm³/mol. The van der Waals surface area contributed by atoms with Gasteiger partial charge in [-0.15, -0.1) is 0 Å². The second kappa shape index (κ2) is 8.85. The molecule has 0 radical (unpaired) electrons. The molecule has 0 amide bonds. The number of methoxy groups -OCH3 is 1. The molecular formula is C21H21N3O4. The second-order valence-corrected chi connectivity index (χ2v) is 5.95. The number of aromatic nitrogens is 2. The monoisotopic (exact) mass is 379 g/mol. The van der Waals surface area contributed by atoms with Gasteiger partial charge in [0.25, 0.3) is 0 Å². The van der Waals surface area contributed by atoms with Gasteiger partial charge in [0.2, 0.25) is 0 Å². The third kappa shape index (κ3) is 4.37. The van der Waals surface area contributed by atoms with Gasteiger partial charge >= 0.3 is 5.97 Å². The van der Waals surface area contributed by atoms with Crippen molar-refractivity contribution in [3.8, 4) is 11.5 Å². The van der Waals surface area contributed by atoms with Crippen LogP contribution in [-0.4, -0.2) is 34.8 Å². The van der Waals surface area contributed by atoms with Gasteiger partial charge in [-0.05, 0) is 43.3 Å². The minimum absolute atomic E-state index is 0.232. The van der Waals surface area contributed by atoms with Crippen molar-refractivity contribution in [3.05, 3.63) is 72.3 Å². The maximum atomic E-state index is 11.2. The molecule has 144 valence electrons. The van der Waals surface area contributed by atoms with Crippen LogP contribution in [-0.2, 0) is 6.54 Å². The van der Waals surface area contributed by atoms with Crippen molar-refractivity contribution in [3.63, 3.8) is 0 Å². The van der Waals surface area contributed by atoms with Gasteiger partial charge in [0.05, 0.1) is 25.8 Å². The Bertz CT molecular complexity index is 930. The lowest BCUT2D eigenvalue weighted by Gasteiger charge is -2.26. The smallest absolute Gasteiger partial charge is 0.335 e. The first-order chi connectivity index (χ1) is 13.6. The summed E-state index contributed by atoms with van der Waals surface area (Å²) in [6.45, 7) is 2.96. The summed E-state index contributed by atoms with van der Waals surface area (Å²) in [7, 11) is 1.60. The van der Waals surface area contributed by atoms with Crippen molar-refractivity contribution in [1.82, 2.24) is 9.97 Å². The summed E-state index contributed by atoms with van der Waals surface area (Å²) < 4.78 is 11.1. The minimum Gasteiger partial charge on any atom is -0.493 e. The third-order valence-electron chi connectivity index (χ3n) is 4.14. The fourth-order valence-electron chi connectivity index (χ4n) is 2.81. The molecule has 0 spiro atoms. The summed E-state index contributed by atoms with van der Waals surface area (Å²) in [4.78, 5) is 21.3. The Hall–Kier alpha value is -3.61. The zero-order chi connectivity index (χ0) is 19.9. The summed E-state index contributed by atoms with van der Waals surface area (Å²) in [6.07, 6.45) is 4.98. The van der Waals surface area contributed by atoms with Crippen molar-refractivity contribution < 1.29 is 19.4 Å². The molecule has 0 aliphatic heterocycles. The summed E-state index contributed by atoms with van der Waals surface area (Å²) in [5.41, 5.74) is 2.85. The lowest BCUT2D eigenvalue weighted by atomic mass is 10.1. The molecule has 0 aliphatic carbocycles. The Morgan fingerprint density at radius 1 is 1.04 bits per heavy atom. The third-order valence-corrected chi connectivity index (χ3v) is 4.14. The van der Waals surface area contributed by atoms with Crippen LogP contribution >= 0.6 is 0 Å². The van der Waals surface area contributed by atoms with Gasteiger partial charge < -0.3 is 19.5 Å². The van der Waals surface area contributed by atoms with Crippen molar-refractivity contribution in [2.45, 2.75) is 13.5 Å². The maximum absolute atomic E-state index is 11.2. The van der Waals surface area contributed by atoms with Gasteiger partial charge in [-0.3, -0.25) is 0 Å². The number of carboxylic acid groups (broad SMARTS) is 1. The lowest BCUT2D eigenvalue weighted by molar-refractivity contribution is 0.0697. The highest BCUT2D eigenvalue weighted by molar-refractivity contribution is 5.88. The highest BCUT2D eigenvalue weighted by Gasteiger charge is 2.15. The molecule has 1 N–H and O–H groups in total. The van der Waals surface area contributed by atoms with E-state index in [1.807, 2.05) is 30.0 Å². The number of nitrogens with zero attached hydrogens (tertiary/aromatic N) is 3. The van der Waals surface area contributed by atoms with E-state index in [9.17, 15) is 4.79 Å². The average molecular weight is 379 g/mol. The first-order valence-corrected chi connectivity index (χ1v) is 8.78. The van der Waals surface area contributed by atoms with Crippen molar-refractivity contribution in [2.24, 2.45) is 0 Å². The number of benzene rings is 2. The molecule has 28 heavy (non-hydrogen) atoms. The molecule has 0 atom stereocenters. The highest BCUT2D eigenvalue weighted by atomic mass is 16.5. The SMILES string of the molecule is CCOc1ccc(N(Cc2cncnc2)c2ccc(C(=O)O)cc2)cc1OC. The normalized spacial score (nSPS) is 10.4. The topological polar surface area (TPSA) is 84.8 Å². The number of hydrogen-bond acceptors (Lipinski definition) is 6. The number of rotatable bonds is 8. The molecule has 7 nitrogen and oxygen atoms in total. The number of hydrogen-bond donors (Lipinski definition) is 1. The van der Waals surface area contributed by atoms with Gasteiger partial charge in [0, 0.05) is 35.4 Å². The Morgan fingerprint density at radius 2 is 1.71 bits per heavy atom. The van der Waals surface area contributed by atoms with Crippen molar-refractivity contribution in [2.75, 3.05) is 18.6 Å². The Kier molecular flexibility index (Phi) is 6.06. The molecule has 0 saturated heterocycles. The molecule has 3 aromatic rings. The summed E-state index contributed by atoms with van der Waals surface area (Å²) in [5.74, 6) is 0.325. The molecule has 0 saturated carbocycles. The van der Waals surface area contributed by atoms with Crippen LogP contribution in [0.4, 0.5) is 11.4 Å². The minimum atomic E-state index is -0.961. The molecule has 1 aromatic heterocycles. The van der Waals surface area contributed by atoms with E-state index in [2.05, 4.69) is 9.97 Å². The average Bonchev–Trinajstić information content (AvgIpc) is 2.73. The van der Waals surface area contributed by atoms with Crippen LogP contribution in [0, 0.1) is 0 Å². The van der Waals surface area contributed by atoms with Gasteiger partial charge in [-0.1, -0.05) is 0 Å². The van der Waals surface area contributed by atoms with Crippen LogP contribution in [0.5, 0.6) is 11.5 Å². The Balaban J connectivity index is 2.01. The van der Waals surface area contributed by atoms with Crippen molar-refractivity contribution >= 4 is 17.3 Å². The van der Waals surface area contributed by atoms with Crippen LogP contribution in [0.25, 0.3) is 0 Å². The Labute approximate surface area is 163 Å². The largest absolute Gasteiger partial charge is 0.493 e. The van der Waals surface area contributed by atoms with E-state index in [-0.39, 0.29) is 5.56 Å². The van der Waals surface area contributed by atoms with E-state index < -0.39 is 5.97 Å². The first-order valence-electron chi connectivity index (χ1n) is 8.78. The van der Waals surface area contributed by atoms with E-state index >= 15 is 0 Å². The molecule has 2 aromatic carbocycles. The zero-order valence-corrected chi connectivity index (χ0v) is 15.7. The van der Waals surface area contributed by atoms with E-state index in [0.717, 1.165) is 16.9 Å². The zero-order valence-electron chi connectivity index (χ0n) is 15.7. The first kappa shape index (κ1) is 19.2. The number of carboxylic acids is 1. The molecule has 0 bridgehead atoms. The van der Waals surface area contributed by atoms with Crippen LogP contribution in [0.3, 0.4) is 0 Å². The second-order valence-electron chi connectivity index (χ2n) is 5.95. The number of aromatic carboxylic acids is 1. The summed E-state index contributed by atoms with van der Waals surface area (Å²) >= 11 is 0. The van der Waals surface area contributed by atoms with Gasteiger partial charge in [-0.25, -0.2) is 14.8 Å². The fourth-order valence-corrected chi connectivity index (χ4v) is 2.81. The predicted octanol–water partition coefficient (Wildman–Crippen LogP) is 3.92. The number of carbonyl (C=O) groups is 1. The number of ether oxygens (including phenoxy) is 2. The number of anilines is 2. The molecule has 0 aliphatic rings. The molecule has 0 fully saturated rings. The lowest BCUT2D eigenvalue weighted by Crippen LogP contribution is -2.17. The van der Waals surface area contributed by atoms with E-state index in [1.165, 1.54) is 6.33 Å². The van der Waals surface area contributed by atoms with E-state index in [0.29, 0.717) is 24.7 Å². The van der Waals surface area contributed by atoms with Gasteiger partial charge in [0.15, 0.2) is 11.5 Å². The van der Waals surface area contributed by atoms with Gasteiger partial charge in [0.1, 0.15) is 6.33 Å². The molecule has 0 unspecified atom stereocenters. The van der Waals surface area contributed by atoms with Gasteiger partial charge in [-0.2, -0.15) is 0 Å². The quantitative estimate of drug-likeness (QED) is 0.635. The fraction of sp³-hybridized carbons (Fsp3) is 0.190.